The molecule has 0 saturated heterocycles. The quantitative estimate of drug-likeness (QED) is 0.831. The van der Waals surface area contributed by atoms with Gasteiger partial charge in [-0.1, -0.05) is 12.8 Å². The van der Waals surface area contributed by atoms with Gasteiger partial charge in [0.1, 0.15) is 11.6 Å². The van der Waals surface area contributed by atoms with Crippen LogP contribution in [0.2, 0.25) is 0 Å². The molecule has 3 heteroatoms. The highest BCUT2D eigenvalue weighted by Crippen LogP contribution is 2.36. The van der Waals surface area contributed by atoms with Gasteiger partial charge >= 0.3 is 0 Å². The van der Waals surface area contributed by atoms with E-state index >= 15 is 0 Å². The van der Waals surface area contributed by atoms with E-state index in [0.717, 1.165) is 12.8 Å². The van der Waals surface area contributed by atoms with Crippen LogP contribution < -0.4 is 5.32 Å². The van der Waals surface area contributed by atoms with Crippen molar-refractivity contribution in [3.8, 4) is 0 Å². The van der Waals surface area contributed by atoms with E-state index in [1.54, 1.807) is 0 Å². The summed E-state index contributed by atoms with van der Waals surface area (Å²) in [6.07, 6.45) is 4.59. The summed E-state index contributed by atoms with van der Waals surface area (Å²) in [6, 6.07) is 3.64. The molecule has 1 aliphatic rings. The Morgan fingerprint density at radius 1 is 1.25 bits per heavy atom. The van der Waals surface area contributed by atoms with Gasteiger partial charge in [0.2, 0.25) is 0 Å². The van der Waals surface area contributed by atoms with Crippen molar-refractivity contribution in [1.29, 1.82) is 0 Å². The summed E-state index contributed by atoms with van der Waals surface area (Å²) in [5, 5.41) is 3.12. The fourth-order valence-corrected chi connectivity index (χ4v) is 2.69. The number of hydrogen-bond donors (Lipinski definition) is 1. The van der Waals surface area contributed by atoms with Crippen molar-refractivity contribution in [3.63, 3.8) is 0 Å². The summed E-state index contributed by atoms with van der Waals surface area (Å²) in [5.41, 5.74) is 0.467. The first-order chi connectivity index (χ1) is 7.72. The van der Waals surface area contributed by atoms with Gasteiger partial charge in [0.15, 0.2) is 0 Å². The zero-order chi connectivity index (χ0) is 11.5. The standard InChI is InChI=1S/C13H17F2N/c1-16-13(9-4-2-3-5-9)11-8-10(14)6-7-12(11)15/h6-9,13,16H,2-5H2,1H3. The Bertz CT molecular complexity index is 359. The minimum absolute atomic E-state index is 0.0572. The third kappa shape index (κ3) is 2.24. The second-order valence-electron chi connectivity index (χ2n) is 4.48. The van der Waals surface area contributed by atoms with E-state index in [9.17, 15) is 8.78 Å². The number of rotatable bonds is 3. The molecule has 1 aromatic rings. The molecule has 88 valence electrons. The van der Waals surface area contributed by atoms with E-state index in [-0.39, 0.29) is 17.7 Å². The second-order valence-corrected chi connectivity index (χ2v) is 4.48. The number of nitrogens with one attached hydrogen (secondary N) is 1. The summed E-state index contributed by atoms with van der Waals surface area (Å²) in [6.45, 7) is 0. The molecule has 0 bridgehead atoms. The van der Waals surface area contributed by atoms with Crippen LogP contribution in [0, 0.1) is 17.6 Å². The Hall–Kier alpha value is -0.960. The molecular weight excluding hydrogens is 208 g/mol. The molecule has 1 N–H and O–H groups in total. The Morgan fingerprint density at radius 3 is 2.56 bits per heavy atom. The molecule has 1 aliphatic carbocycles. The van der Waals surface area contributed by atoms with Crippen LogP contribution in [-0.4, -0.2) is 7.05 Å². The number of halogens is 2. The normalized spacial score (nSPS) is 18.9. The molecule has 1 nitrogen and oxygen atoms in total. The zero-order valence-electron chi connectivity index (χ0n) is 9.47. The molecule has 2 rings (SSSR count). The summed E-state index contributed by atoms with van der Waals surface area (Å²) in [4.78, 5) is 0. The molecule has 1 fully saturated rings. The lowest BCUT2D eigenvalue weighted by molar-refractivity contribution is 0.376. The van der Waals surface area contributed by atoms with Crippen LogP contribution in [0.3, 0.4) is 0 Å². The summed E-state index contributed by atoms with van der Waals surface area (Å²) in [5.74, 6) is -0.247. The van der Waals surface area contributed by atoms with Crippen LogP contribution in [0.1, 0.15) is 37.3 Å². The van der Waals surface area contributed by atoms with Crippen LogP contribution in [0.15, 0.2) is 18.2 Å². The minimum Gasteiger partial charge on any atom is -0.313 e. The third-order valence-electron chi connectivity index (χ3n) is 3.48. The van der Waals surface area contributed by atoms with Gasteiger partial charge in [-0.05, 0) is 44.0 Å². The zero-order valence-corrected chi connectivity index (χ0v) is 9.47. The van der Waals surface area contributed by atoms with E-state index in [1.807, 2.05) is 7.05 Å². The average Bonchev–Trinajstić information content (AvgIpc) is 2.78. The molecule has 1 atom stereocenters. The van der Waals surface area contributed by atoms with E-state index in [4.69, 9.17) is 0 Å². The summed E-state index contributed by atoms with van der Waals surface area (Å²) < 4.78 is 26.8. The van der Waals surface area contributed by atoms with Gasteiger partial charge in [0, 0.05) is 11.6 Å². The van der Waals surface area contributed by atoms with Crippen molar-refractivity contribution in [3.05, 3.63) is 35.4 Å². The smallest absolute Gasteiger partial charge is 0.128 e. The first-order valence-corrected chi connectivity index (χ1v) is 5.84. The van der Waals surface area contributed by atoms with Crippen molar-refractivity contribution >= 4 is 0 Å². The molecule has 16 heavy (non-hydrogen) atoms. The van der Waals surface area contributed by atoms with Crippen molar-refractivity contribution in [2.45, 2.75) is 31.7 Å². The average molecular weight is 225 g/mol. The van der Waals surface area contributed by atoms with E-state index in [2.05, 4.69) is 5.32 Å². The van der Waals surface area contributed by atoms with E-state index < -0.39 is 0 Å². The molecule has 1 unspecified atom stereocenters. The molecular formula is C13H17F2N. The monoisotopic (exact) mass is 225 g/mol. The molecule has 0 spiro atoms. The third-order valence-corrected chi connectivity index (χ3v) is 3.48. The van der Waals surface area contributed by atoms with Gasteiger partial charge < -0.3 is 5.32 Å². The van der Waals surface area contributed by atoms with Gasteiger partial charge in [-0.25, -0.2) is 8.78 Å². The summed E-state index contributed by atoms with van der Waals surface area (Å²) >= 11 is 0. The van der Waals surface area contributed by atoms with Crippen LogP contribution in [0.25, 0.3) is 0 Å². The number of hydrogen-bond acceptors (Lipinski definition) is 1. The van der Waals surface area contributed by atoms with Gasteiger partial charge in [0.05, 0.1) is 0 Å². The first-order valence-electron chi connectivity index (χ1n) is 5.84. The summed E-state index contributed by atoms with van der Waals surface area (Å²) in [7, 11) is 1.81. The SMILES string of the molecule is CNC(c1cc(F)ccc1F)C1CCCC1. The lowest BCUT2D eigenvalue weighted by atomic mass is 9.91. The molecule has 0 aliphatic heterocycles. The lowest BCUT2D eigenvalue weighted by Crippen LogP contribution is -2.24. The Morgan fingerprint density at radius 2 is 1.94 bits per heavy atom. The molecule has 0 radical (unpaired) electrons. The Balaban J connectivity index is 2.28. The van der Waals surface area contributed by atoms with Crippen LogP contribution in [-0.2, 0) is 0 Å². The molecule has 1 aromatic carbocycles. The topological polar surface area (TPSA) is 12.0 Å². The largest absolute Gasteiger partial charge is 0.313 e. The highest BCUT2D eigenvalue weighted by Gasteiger charge is 2.27. The van der Waals surface area contributed by atoms with Crippen molar-refractivity contribution < 1.29 is 8.78 Å². The van der Waals surface area contributed by atoms with Crippen LogP contribution in [0.4, 0.5) is 8.78 Å². The van der Waals surface area contributed by atoms with Crippen LogP contribution >= 0.6 is 0 Å². The van der Waals surface area contributed by atoms with Crippen LogP contribution in [0.5, 0.6) is 0 Å². The van der Waals surface area contributed by atoms with Gasteiger partial charge in [0.25, 0.3) is 0 Å². The fourth-order valence-electron chi connectivity index (χ4n) is 2.69. The van der Waals surface area contributed by atoms with Gasteiger partial charge in [-0.2, -0.15) is 0 Å². The maximum Gasteiger partial charge on any atom is 0.128 e. The van der Waals surface area contributed by atoms with Crippen molar-refractivity contribution in [2.24, 2.45) is 5.92 Å². The predicted molar refractivity (Wildman–Crippen MR) is 60.1 cm³/mol. The van der Waals surface area contributed by atoms with Gasteiger partial charge in [-0.15, -0.1) is 0 Å². The molecule has 1 saturated carbocycles. The maximum atomic E-state index is 13.7. The van der Waals surface area contributed by atoms with E-state index in [1.165, 1.54) is 31.0 Å². The molecule has 0 amide bonds. The highest BCUT2D eigenvalue weighted by molar-refractivity contribution is 5.23. The van der Waals surface area contributed by atoms with E-state index in [0.29, 0.717) is 11.5 Å². The van der Waals surface area contributed by atoms with Crippen molar-refractivity contribution in [1.82, 2.24) is 5.32 Å². The van der Waals surface area contributed by atoms with Crippen molar-refractivity contribution in [2.75, 3.05) is 7.05 Å². The highest BCUT2D eigenvalue weighted by atomic mass is 19.1. The first kappa shape index (κ1) is 11.5. The Labute approximate surface area is 94.9 Å². The molecule has 0 heterocycles. The van der Waals surface area contributed by atoms with Gasteiger partial charge in [-0.3, -0.25) is 0 Å². The lowest BCUT2D eigenvalue weighted by Gasteiger charge is -2.23. The second kappa shape index (κ2) is 4.91. The number of benzene rings is 1. The minimum atomic E-state index is -0.366. The molecule has 0 aromatic heterocycles. The fraction of sp³-hybridized carbons (Fsp3) is 0.538. The maximum absolute atomic E-state index is 13.7. The predicted octanol–water partition coefficient (Wildman–Crippen LogP) is 3.42. The Kier molecular flexibility index (Phi) is 3.54.